The van der Waals surface area contributed by atoms with Gasteiger partial charge in [-0.1, -0.05) is 26.2 Å². The first kappa shape index (κ1) is 10.2. The van der Waals surface area contributed by atoms with Crippen LogP contribution >= 0.6 is 0 Å². The quantitative estimate of drug-likeness (QED) is 0.641. The molecule has 0 aromatic rings. The standard InChI is InChI=1S/C12H21NO/c1-10-8-13-9-12(10)7-5-3-2-4-6-11(12)14/h10,13H,2-9H2,1H3. The third kappa shape index (κ3) is 1.60. The Hall–Kier alpha value is -0.370. The van der Waals surface area contributed by atoms with Gasteiger partial charge in [0, 0.05) is 18.4 Å². The van der Waals surface area contributed by atoms with E-state index in [2.05, 4.69) is 12.2 Å². The second-order valence-corrected chi connectivity index (χ2v) is 5.03. The summed E-state index contributed by atoms with van der Waals surface area (Å²) < 4.78 is 0. The molecule has 2 rings (SSSR count). The van der Waals surface area contributed by atoms with Gasteiger partial charge in [-0.05, 0) is 25.3 Å². The highest BCUT2D eigenvalue weighted by Gasteiger charge is 2.45. The van der Waals surface area contributed by atoms with Crippen LogP contribution in [0.25, 0.3) is 0 Å². The number of Topliss-reactive ketones (excluding diaryl/α,β-unsaturated/α-hetero) is 1. The molecule has 1 N–H and O–H groups in total. The molecule has 0 aromatic heterocycles. The molecular formula is C12H21NO. The summed E-state index contributed by atoms with van der Waals surface area (Å²) >= 11 is 0. The Morgan fingerprint density at radius 2 is 2.07 bits per heavy atom. The highest BCUT2D eigenvalue weighted by atomic mass is 16.1. The Labute approximate surface area is 86.5 Å². The molecule has 1 saturated carbocycles. The van der Waals surface area contributed by atoms with Crippen molar-refractivity contribution < 1.29 is 4.79 Å². The highest BCUT2D eigenvalue weighted by molar-refractivity contribution is 5.85. The van der Waals surface area contributed by atoms with E-state index in [1.807, 2.05) is 0 Å². The van der Waals surface area contributed by atoms with Crippen molar-refractivity contribution in [1.82, 2.24) is 5.32 Å². The number of hydrogen-bond acceptors (Lipinski definition) is 2. The molecule has 0 aromatic carbocycles. The zero-order valence-electron chi connectivity index (χ0n) is 9.14. The Bertz CT molecular complexity index is 226. The lowest BCUT2D eigenvalue weighted by Gasteiger charge is -2.33. The van der Waals surface area contributed by atoms with Gasteiger partial charge in [0.05, 0.1) is 0 Å². The Morgan fingerprint density at radius 1 is 1.29 bits per heavy atom. The molecular weight excluding hydrogens is 174 g/mol. The maximum atomic E-state index is 12.2. The number of carbonyl (C=O) groups excluding carboxylic acids is 1. The second kappa shape index (κ2) is 4.01. The Kier molecular flexibility index (Phi) is 2.91. The van der Waals surface area contributed by atoms with E-state index in [4.69, 9.17) is 0 Å². The smallest absolute Gasteiger partial charge is 0.140 e. The van der Waals surface area contributed by atoms with Crippen LogP contribution in [0, 0.1) is 11.3 Å². The number of nitrogens with one attached hydrogen (secondary N) is 1. The average molecular weight is 195 g/mol. The van der Waals surface area contributed by atoms with E-state index in [1.54, 1.807) is 0 Å². The molecule has 2 heteroatoms. The van der Waals surface area contributed by atoms with Crippen LogP contribution in [0.5, 0.6) is 0 Å². The minimum absolute atomic E-state index is 0.0143. The molecule has 2 fully saturated rings. The molecule has 2 nitrogen and oxygen atoms in total. The summed E-state index contributed by atoms with van der Waals surface area (Å²) in [5, 5.41) is 3.39. The van der Waals surface area contributed by atoms with Gasteiger partial charge in [-0.2, -0.15) is 0 Å². The predicted octanol–water partition coefficient (Wildman–Crippen LogP) is 2.14. The van der Waals surface area contributed by atoms with Gasteiger partial charge in [-0.15, -0.1) is 0 Å². The molecule has 14 heavy (non-hydrogen) atoms. The number of hydrogen-bond donors (Lipinski definition) is 1. The van der Waals surface area contributed by atoms with Gasteiger partial charge in [-0.25, -0.2) is 0 Å². The minimum Gasteiger partial charge on any atom is -0.315 e. The molecule has 80 valence electrons. The lowest BCUT2D eigenvalue weighted by atomic mass is 9.69. The molecule has 1 saturated heterocycles. The maximum absolute atomic E-state index is 12.2. The van der Waals surface area contributed by atoms with Crippen LogP contribution in [-0.2, 0) is 4.79 Å². The van der Waals surface area contributed by atoms with Crippen molar-refractivity contribution in [1.29, 1.82) is 0 Å². The van der Waals surface area contributed by atoms with E-state index < -0.39 is 0 Å². The summed E-state index contributed by atoms with van der Waals surface area (Å²) in [5.74, 6) is 1.09. The van der Waals surface area contributed by atoms with Crippen LogP contribution in [0.4, 0.5) is 0 Å². The lowest BCUT2D eigenvalue weighted by Crippen LogP contribution is -2.38. The SMILES string of the molecule is CC1CNCC12CCCCCCC2=O. The molecule has 1 aliphatic carbocycles. The van der Waals surface area contributed by atoms with Crippen molar-refractivity contribution in [3.8, 4) is 0 Å². The van der Waals surface area contributed by atoms with Crippen molar-refractivity contribution in [3.05, 3.63) is 0 Å². The van der Waals surface area contributed by atoms with Gasteiger partial charge in [0.15, 0.2) is 0 Å². The van der Waals surface area contributed by atoms with Crippen LogP contribution in [0.2, 0.25) is 0 Å². The Balaban J connectivity index is 2.15. The molecule has 1 aliphatic heterocycles. The molecule has 0 amide bonds. The topological polar surface area (TPSA) is 29.1 Å². The van der Waals surface area contributed by atoms with Crippen LogP contribution in [-0.4, -0.2) is 18.9 Å². The first-order chi connectivity index (χ1) is 6.76. The second-order valence-electron chi connectivity index (χ2n) is 5.03. The summed E-state index contributed by atoms with van der Waals surface area (Å²) in [6.45, 7) is 4.21. The molecule has 1 heterocycles. The number of rotatable bonds is 0. The fourth-order valence-electron chi connectivity index (χ4n) is 3.06. The van der Waals surface area contributed by atoms with E-state index in [0.29, 0.717) is 11.7 Å². The molecule has 2 unspecified atom stereocenters. The molecule has 0 radical (unpaired) electrons. The van der Waals surface area contributed by atoms with Gasteiger partial charge in [0.1, 0.15) is 5.78 Å². The van der Waals surface area contributed by atoms with Crippen molar-refractivity contribution in [2.45, 2.75) is 45.4 Å². The number of ketones is 1. The third-order valence-electron chi connectivity index (χ3n) is 4.17. The third-order valence-corrected chi connectivity index (χ3v) is 4.17. The molecule has 2 atom stereocenters. The normalized spacial score (nSPS) is 39.8. The summed E-state index contributed by atoms with van der Waals surface area (Å²) in [7, 11) is 0. The van der Waals surface area contributed by atoms with Crippen LogP contribution in [0.3, 0.4) is 0 Å². The van der Waals surface area contributed by atoms with Gasteiger partial charge in [0.2, 0.25) is 0 Å². The van der Waals surface area contributed by atoms with E-state index in [9.17, 15) is 4.79 Å². The van der Waals surface area contributed by atoms with Gasteiger partial charge in [-0.3, -0.25) is 4.79 Å². The van der Waals surface area contributed by atoms with Gasteiger partial charge < -0.3 is 5.32 Å². The van der Waals surface area contributed by atoms with Crippen LogP contribution in [0.15, 0.2) is 0 Å². The fraction of sp³-hybridized carbons (Fsp3) is 0.917. The van der Waals surface area contributed by atoms with Crippen LogP contribution < -0.4 is 5.32 Å². The van der Waals surface area contributed by atoms with Crippen LogP contribution in [0.1, 0.15) is 45.4 Å². The zero-order valence-corrected chi connectivity index (χ0v) is 9.14. The zero-order chi connectivity index (χ0) is 10.0. The summed E-state index contributed by atoms with van der Waals surface area (Å²) in [5.41, 5.74) is 0.0143. The van der Waals surface area contributed by atoms with Crippen molar-refractivity contribution in [2.24, 2.45) is 11.3 Å². The van der Waals surface area contributed by atoms with Crippen molar-refractivity contribution >= 4 is 5.78 Å². The first-order valence-corrected chi connectivity index (χ1v) is 6.00. The first-order valence-electron chi connectivity index (χ1n) is 6.00. The highest BCUT2D eigenvalue weighted by Crippen LogP contribution is 2.40. The summed E-state index contributed by atoms with van der Waals surface area (Å²) in [6.07, 6.45) is 6.89. The average Bonchev–Trinajstić information content (AvgIpc) is 2.52. The molecule has 1 spiro atoms. The van der Waals surface area contributed by atoms with E-state index in [1.165, 1.54) is 19.3 Å². The predicted molar refractivity (Wildman–Crippen MR) is 57.2 cm³/mol. The fourth-order valence-corrected chi connectivity index (χ4v) is 3.06. The van der Waals surface area contributed by atoms with E-state index >= 15 is 0 Å². The summed E-state index contributed by atoms with van der Waals surface area (Å²) in [6, 6.07) is 0. The van der Waals surface area contributed by atoms with Gasteiger partial charge >= 0.3 is 0 Å². The largest absolute Gasteiger partial charge is 0.315 e. The van der Waals surface area contributed by atoms with E-state index in [-0.39, 0.29) is 5.41 Å². The minimum atomic E-state index is 0.0143. The maximum Gasteiger partial charge on any atom is 0.140 e. The van der Waals surface area contributed by atoms with Crippen molar-refractivity contribution in [3.63, 3.8) is 0 Å². The lowest BCUT2D eigenvalue weighted by molar-refractivity contribution is -0.130. The monoisotopic (exact) mass is 195 g/mol. The van der Waals surface area contributed by atoms with Gasteiger partial charge in [0.25, 0.3) is 0 Å². The molecule has 2 aliphatic rings. The van der Waals surface area contributed by atoms with E-state index in [0.717, 1.165) is 32.4 Å². The Morgan fingerprint density at radius 3 is 2.79 bits per heavy atom. The number of carbonyl (C=O) groups is 1. The summed E-state index contributed by atoms with van der Waals surface area (Å²) in [4.78, 5) is 12.2. The molecule has 0 bridgehead atoms. The van der Waals surface area contributed by atoms with Crippen molar-refractivity contribution in [2.75, 3.05) is 13.1 Å².